The molecule has 5 aromatic rings. The summed E-state index contributed by atoms with van der Waals surface area (Å²) < 4.78 is 24.9. The third-order valence-electron chi connectivity index (χ3n) is 8.62. The number of hydrogen-bond donors (Lipinski definition) is 5. The van der Waals surface area contributed by atoms with Crippen molar-refractivity contribution < 1.29 is 23.1 Å². The third-order valence-corrected chi connectivity index (χ3v) is 9.55. The van der Waals surface area contributed by atoms with E-state index < -0.39 is 16.1 Å². The lowest BCUT2D eigenvalue weighted by Gasteiger charge is -2.18. The zero-order chi connectivity index (χ0) is 36.5. The van der Waals surface area contributed by atoms with Crippen LogP contribution < -0.4 is 21.1 Å². The Morgan fingerprint density at radius 3 is 2.08 bits per heavy atom. The van der Waals surface area contributed by atoms with Gasteiger partial charge in [-0.1, -0.05) is 54.6 Å². The largest absolute Gasteiger partial charge is 0.387 e. The fourth-order valence-corrected chi connectivity index (χ4v) is 6.30. The maximum atomic E-state index is 12.8. The van der Waals surface area contributed by atoms with Gasteiger partial charge in [0.1, 0.15) is 5.82 Å². The molecule has 0 aliphatic heterocycles. The minimum Gasteiger partial charge on any atom is -0.387 e. The first kappa shape index (κ1) is 37.1. The predicted octanol–water partition coefficient (Wildman–Crippen LogP) is 4.18. The van der Waals surface area contributed by atoms with Crippen LogP contribution in [-0.4, -0.2) is 47.5 Å². The van der Waals surface area contributed by atoms with Crippen molar-refractivity contribution in [3.05, 3.63) is 148 Å². The zero-order valence-corrected chi connectivity index (χ0v) is 29.8. The normalized spacial score (nSPS) is 12.6. The number of nitrogens with zero attached hydrogens (tertiary/aromatic N) is 2. The first-order valence-corrected chi connectivity index (χ1v) is 18.3. The lowest BCUT2D eigenvalue weighted by molar-refractivity contribution is -0.120. The number of aromatic nitrogens is 2. The van der Waals surface area contributed by atoms with Crippen molar-refractivity contribution in [1.82, 2.24) is 25.5 Å². The molecule has 5 rings (SSSR count). The first-order valence-electron chi connectivity index (χ1n) is 16.7. The van der Waals surface area contributed by atoms with Crippen LogP contribution in [0.2, 0.25) is 0 Å². The quantitative estimate of drug-likeness (QED) is 0.109. The van der Waals surface area contributed by atoms with E-state index >= 15 is 0 Å². The summed E-state index contributed by atoms with van der Waals surface area (Å²) in [5.41, 5.74) is 7.01. The number of nitrogens with two attached hydrogens (primary N) is 1. The van der Waals surface area contributed by atoms with Gasteiger partial charge >= 0.3 is 0 Å². The predicted molar refractivity (Wildman–Crippen MR) is 197 cm³/mol. The maximum Gasteiger partial charge on any atom is 0.251 e. The number of aryl methyl sites for hydroxylation is 2. The van der Waals surface area contributed by atoms with Gasteiger partial charge in [0.15, 0.2) is 0 Å². The van der Waals surface area contributed by atoms with Crippen LogP contribution in [0.25, 0.3) is 5.82 Å². The summed E-state index contributed by atoms with van der Waals surface area (Å²) in [5.74, 6) is 0.437. The smallest absolute Gasteiger partial charge is 0.251 e. The van der Waals surface area contributed by atoms with Crippen molar-refractivity contribution >= 4 is 21.8 Å². The fourth-order valence-electron chi connectivity index (χ4n) is 5.78. The highest BCUT2D eigenvalue weighted by atomic mass is 32.2. The molecule has 0 radical (unpaired) electrons. The van der Waals surface area contributed by atoms with Crippen LogP contribution in [0.5, 0.6) is 0 Å². The van der Waals surface area contributed by atoms with Crippen molar-refractivity contribution in [3.63, 3.8) is 0 Å². The highest BCUT2D eigenvalue weighted by Gasteiger charge is 2.14. The van der Waals surface area contributed by atoms with Gasteiger partial charge in [-0.15, -0.1) is 0 Å². The summed E-state index contributed by atoms with van der Waals surface area (Å²) >= 11 is 0. The Kier molecular flexibility index (Phi) is 12.2. The van der Waals surface area contributed by atoms with Gasteiger partial charge in [0.25, 0.3) is 5.91 Å². The van der Waals surface area contributed by atoms with E-state index in [0.29, 0.717) is 18.7 Å². The molecule has 0 aliphatic carbocycles. The van der Waals surface area contributed by atoms with Crippen LogP contribution in [0.1, 0.15) is 62.6 Å². The number of amides is 2. The van der Waals surface area contributed by atoms with Gasteiger partial charge in [-0.2, -0.15) is 0 Å². The summed E-state index contributed by atoms with van der Waals surface area (Å²) in [6.07, 6.45) is 2.00. The van der Waals surface area contributed by atoms with Gasteiger partial charge in [0, 0.05) is 54.4 Å². The number of benzene rings is 3. The molecule has 0 fully saturated rings. The van der Waals surface area contributed by atoms with E-state index in [1.165, 1.54) is 12.1 Å². The van der Waals surface area contributed by atoms with Gasteiger partial charge in [0.05, 0.1) is 17.4 Å². The summed E-state index contributed by atoms with van der Waals surface area (Å²) in [7, 11) is -3.77. The van der Waals surface area contributed by atoms with Crippen molar-refractivity contribution in [2.24, 2.45) is 5.14 Å². The summed E-state index contributed by atoms with van der Waals surface area (Å²) in [6.45, 7) is 7.08. The molecular formula is C39H44N6O5S. The zero-order valence-electron chi connectivity index (χ0n) is 29.0. The van der Waals surface area contributed by atoms with E-state index in [9.17, 15) is 23.1 Å². The van der Waals surface area contributed by atoms with Gasteiger partial charge < -0.3 is 25.6 Å². The number of aliphatic hydroxyl groups is 1. The van der Waals surface area contributed by atoms with Crippen molar-refractivity contribution in [1.29, 1.82) is 0 Å². The highest BCUT2D eigenvalue weighted by Crippen LogP contribution is 2.18. The van der Waals surface area contributed by atoms with Gasteiger partial charge in [-0.3, -0.25) is 9.59 Å². The standard InChI is InChI=1S/C39H44N6O5S/c1-26(41-25-36(46)34-15-18-37(42-24-34)45-27(2)7-8-28(45)3)19-31-5-4-6-32(20-31)21-38(47)43-22-29-9-13-33(14-10-29)39(48)44-23-30-11-16-35(17-12-30)51(40,49)50/h4-18,20,24,26,36,41,46H,19,21-23,25H2,1-3H3,(H,43,47)(H,44,48)(H2,40,49,50)/t26-,36-/m1/s1. The van der Waals surface area contributed by atoms with Crippen LogP contribution in [0.4, 0.5) is 0 Å². The van der Waals surface area contributed by atoms with E-state index in [2.05, 4.69) is 44.6 Å². The second-order valence-corrected chi connectivity index (χ2v) is 14.3. The Balaban J connectivity index is 1.03. The summed E-state index contributed by atoms with van der Waals surface area (Å²) in [5, 5.41) is 25.1. The number of carbonyl (C=O) groups is 2. The fraction of sp³-hybridized carbons (Fsp3) is 0.256. The van der Waals surface area contributed by atoms with E-state index in [-0.39, 0.29) is 35.7 Å². The second kappa shape index (κ2) is 16.7. The van der Waals surface area contributed by atoms with Crippen LogP contribution in [0.3, 0.4) is 0 Å². The number of carbonyl (C=O) groups excluding carboxylic acids is 2. The molecule has 0 spiro atoms. The lowest BCUT2D eigenvalue weighted by Crippen LogP contribution is -2.32. The molecule has 0 saturated carbocycles. The Morgan fingerprint density at radius 1 is 0.824 bits per heavy atom. The Morgan fingerprint density at radius 2 is 1.45 bits per heavy atom. The van der Waals surface area contributed by atoms with Gasteiger partial charge in [-0.25, -0.2) is 18.5 Å². The van der Waals surface area contributed by atoms with Crippen molar-refractivity contribution in [3.8, 4) is 5.82 Å². The average molecular weight is 709 g/mol. The van der Waals surface area contributed by atoms with Crippen molar-refractivity contribution in [2.45, 2.75) is 63.7 Å². The van der Waals surface area contributed by atoms with Gasteiger partial charge in [-0.05, 0) is 91.9 Å². The van der Waals surface area contributed by atoms with E-state index in [4.69, 9.17) is 5.14 Å². The molecule has 0 unspecified atom stereocenters. The Bertz CT molecular complexity index is 2040. The molecule has 0 aliphatic rings. The van der Waals surface area contributed by atoms with Crippen LogP contribution in [0, 0.1) is 13.8 Å². The number of nitrogens with one attached hydrogen (secondary N) is 3. The third kappa shape index (κ3) is 10.4. The van der Waals surface area contributed by atoms with E-state index in [1.54, 1.807) is 42.6 Å². The molecule has 51 heavy (non-hydrogen) atoms. The molecule has 2 aromatic heterocycles. The number of sulfonamides is 1. The Labute approximate surface area is 299 Å². The molecule has 2 heterocycles. The molecular weight excluding hydrogens is 665 g/mol. The molecule has 3 aromatic carbocycles. The number of primary sulfonamides is 1. The number of rotatable bonds is 15. The molecule has 6 N–H and O–H groups in total. The molecule has 2 atom stereocenters. The maximum absolute atomic E-state index is 12.8. The van der Waals surface area contributed by atoms with Crippen molar-refractivity contribution in [2.75, 3.05) is 6.54 Å². The first-order chi connectivity index (χ1) is 24.4. The minimum atomic E-state index is -3.77. The monoisotopic (exact) mass is 708 g/mol. The summed E-state index contributed by atoms with van der Waals surface area (Å²) in [4.78, 5) is 29.9. The number of hydrogen-bond acceptors (Lipinski definition) is 7. The second-order valence-electron chi connectivity index (χ2n) is 12.8. The highest BCUT2D eigenvalue weighted by molar-refractivity contribution is 7.89. The molecule has 0 bridgehead atoms. The molecule has 12 heteroatoms. The average Bonchev–Trinajstić information content (AvgIpc) is 3.45. The summed E-state index contributed by atoms with van der Waals surface area (Å²) in [6, 6.07) is 28.9. The molecule has 0 saturated heterocycles. The minimum absolute atomic E-state index is 0.00994. The van der Waals surface area contributed by atoms with Crippen LogP contribution in [0.15, 0.2) is 108 Å². The van der Waals surface area contributed by atoms with Crippen LogP contribution >= 0.6 is 0 Å². The number of pyridine rings is 1. The SMILES string of the molecule is Cc1ccc(C)n1-c1ccc([C@H](O)CN[C@H](C)Cc2cccc(CC(=O)NCc3ccc(C(=O)NCc4ccc(S(N)(=O)=O)cc4)cc3)c2)cn1. The topological polar surface area (TPSA) is 168 Å². The van der Waals surface area contributed by atoms with E-state index in [1.807, 2.05) is 50.2 Å². The molecule has 11 nitrogen and oxygen atoms in total. The van der Waals surface area contributed by atoms with E-state index in [0.717, 1.165) is 51.4 Å². The Hall–Kier alpha value is -5.14. The lowest BCUT2D eigenvalue weighted by atomic mass is 10.0. The van der Waals surface area contributed by atoms with Crippen LogP contribution in [-0.2, 0) is 40.7 Å². The molecule has 2 amide bonds. The molecule has 266 valence electrons. The van der Waals surface area contributed by atoms with Gasteiger partial charge in [0.2, 0.25) is 15.9 Å². The number of aliphatic hydroxyl groups excluding tert-OH is 1.